The molecule has 3 N–H and O–H groups in total. The second-order valence-corrected chi connectivity index (χ2v) is 10.5. The number of carbonyl (C=O) groups excluding carboxylic acids is 2. The van der Waals surface area contributed by atoms with Crippen LogP contribution in [0.5, 0.6) is 0 Å². The van der Waals surface area contributed by atoms with E-state index in [1.54, 1.807) is 10.9 Å². The van der Waals surface area contributed by atoms with Gasteiger partial charge in [-0.3, -0.25) is 10.1 Å². The first-order valence-corrected chi connectivity index (χ1v) is 12.7. The number of benzene rings is 3. The standard InChI is InChI=1S/C30H27N7O2/c1-30(2,3)26-14-27(37(36-26)21-11-12-25-19(13-21)15-31-17-33-25)35-29(39)34-20-9-7-18(8-10-20)22-5-4-6-23-24(22)16-32-28(23)38/h4-15,17H,16H2,1-3H3,(H,32,38)(H2,34,35,39). The highest BCUT2D eigenvalue weighted by Gasteiger charge is 2.23. The number of amides is 3. The van der Waals surface area contributed by atoms with Gasteiger partial charge in [0.15, 0.2) is 0 Å². The Bertz CT molecular complexity index is 1730. The fourth-order valence-corrected chi connectivity index (χ4v) is 4.67. The monoisotopic (exact) mass is 517 g/mol. The molecule has 0 fully saturated rings. The molecule has 0 atom stereocenters. The van der Waals surface area contributed by atoms with Crippen LogP contribution in [0.3, 0.4) is 0 Å². The van der Waals surface area contributed by atoms with Crippen LogP contribution < -0.4 is 16.0 Å². The molecule has 1 aliphatic heterocycles. The number of fused-ring (bicyclic) bond motifs is 2. The van der Waals surface area contributed by atoms with Gasteiger partial charge in [-0.1, -0.05) is 45.0 Å². The molecule has 2 aromatic heterocycles. The molecular weight excluding hydrogens is 490 g/mol. The maximum Gasteiger partial charge on any atom is 0.324 e. The zero-order chi connectivity index (χ0) is 27.1. The smallest absolute Gasteiger partial charge is 0.324 e. The number of nitrogens with one attached hydrogen (secondary N) is 3. The molecule has 1 aliphatic rings. The summed E-state index contributed by atoms with van der Waals surface area (Å²) < 4.78 is 1.72. The van der Waals surface area contributed by atoms with Crippen LogP contribution in [0.4, 0.5) is 16.3 Å². The first-order chi connectivity index (χ1) is 18.8. The van der Waals surface area contributed by atoms with Crippen molar-refractivity contribution in [1.82, 2.24) is 25.1 Å². The van der Waals surface area contributed by atoms with E-state index in [1.165, 1.54) is 6.33 Å². The fraction of sp³-hybridized carbons (Fsp3) is 0.167. The quantitative estimate of drug-likeness (QED) is 0.284. The highest BCUT2D eigenvalue weighted by atomic mass is 16.2. The van der Waals surface area contributed by atoms with E-state index in [1.807, 2.05) is 66.7 Å². The van der Waals surface area contributed by atoms with Crippen LogP contribution >= 0.6 is 0 Å². The van der Waals surface area contributed by atoms with E-state index in [0.29, 0.717) is 23.6 Å². The number of nitrogens with zero attached hydrogens (tertiary/aromatic N) is 4. The zero-order valence-corrected chi connectivity index (χ0v) is 21.8. The van der Waals surface area contributed by atoms with Crippen LogP contribution in [0.1, 0.15) is 42.4 Å². The van der Waals surface area contributed by atoms with Gasteiger partial charge in [0.2, 0.25) is 0 Å². The summed E-state index contributed by atoms with van der Waals surface area (Å²) in [5.74, 6) is 0.495. The summed E-state index contributed by atoms with van der Waals surface area (Å²) in [5, 5.41) is 14.4. The number of hydrogen-bond acceptors (Lipinski definition) is 5. The molecule has 5 aromatic rings. The van der Waals surface area contributed by atoms with Crippen molar-refractivity contribution in [2.45, 2.75) is 32.7 Å². The van der Waals surface area contributed by atoms with Crippen molar-refractivity contribution in [1.29, 1.82) is 0 Å². The zero-order valence-electron chi connectivity index (χ0n) is 21.8. The molecule has 0 saturated heterocycles. The average molecular weight is 518 g/mol. The molecule has 0 radical (unpaired) electrons. The predicted octanol–water partition coefficient (Wildman–Crippen LogP) is 5.67. The topological polar surface area (TPSA) is 114 Å². The molecule has 6 rings (SSSR count). The summed E-state index contributed by atoms with van der Waals surface area (Å²) >= 11 is 0. The summed E-state index contributed by atoms with van der Waals surface area (Å²) in [7, 11) is 0. The third-order valence-corrected chi connectivity index (χ3v) is 6.75. The minimum Gasteiger partial charge on any atom is -0.348 e. The Morgan fingerprint density at radius 2 is 1.77 bits per heavy atom. The van der Waals surface area contributed by atoms with Gasteiger partial charge in [0, 0.05) is 40.9 Å². The van der Waals surface area contributed by atoms with Crippen LogP contribution in [0.2, 0.25) is 0 Å². The maximum atomic E-state index is 13.1. The lowest BCUT2D eigenvalue weighted by Gasteiger charge is -2.14. The Morgan fingerprint density at radius 3 is 2.56 bits per heavy atom. The summed E-state index contributed by atoms with van der Waals surface area (Å²) in [4.78, 5) is 33.5. The number of hydrogen-bond donors (Lipinski definition) is 3. The number of carbonyl (C=O) groups is 2. The number of rotatable bonds is 4. The van der Waals surface area contributed by atoms with Crippen molar-refractivity contribution in [2.24, 2.45) is 0 Å². The minimum absolute atomic E-state index is 0.0484. The largest absolute Gasteiger partial charge is 0.348 e. The highest BCUT2D eigenvalue weighted by Crippen LogP contribution is 2.31. The third-order valence-electron chi connectivity index (χ3n) is 6.75. The molecule has 0 bridgehead atoms. The van der Waals surface area contributed by atoms with Gasteiger partial charge in [-0.15, -0.1) is 0 Å². The summed E-state index contributed by atoms with van der Waals surface area (Å²) in [6.45, 7) is 6.75. The van der Waals surface area contributed by atoms with E-state index >= 15 is 0 Å². The van der Waals surface area contributed by atoms with E-state index in [-0.39, 0.29) is 17.4 Å². The molecule has 0 spiro atoms. The average Bonchev–Trinajstić information content (AvgIpc) is 3.53. The minimum atomic E-state index is -0.385. The van der Waals surface area contributed by atoms with Gasteiger partial charge in [0.25, 0.3) is 5.91 Å². The van der Waals surface area contributed by atoms with Gasteiger partial charge in [-0.25, -0.2) is 19.4 Å². The fourth-order valence-electron chi connectivity index (χ4n) is 4.67. The molecule has 0 saturated carbocycles. The molecule has 0 aliphatic carbocycles. The molecule has 39 heavy (non-hydrogen) atoms. The number of aromatic nitrogens is 4. The van der Waals surface area contributed by atoms with Crippen molar-refractivity contribution in [3.8, 4) is 16.8 Å². The van der Waals surface area contributed by atoms with Gasteiger partial charge >= 0.3 is 6.03 Å². The van der Waals surface area contributed by atoms with Crippen LogP contribution in [-0.4, -0.2) is 31.7 Å². The lowest BCUT2D eigenvalue weighted by atomic mass is 9.92. The normalized spacial score (nSPS) is 12.7. The Morgan fingerprint density at radius 1 is 0.974 bits per heavy atom. The predicted molar refractivity (Wildman–Crippen MR) is 151 cm³/mol. The molecule has 3 heterocycles. The van der Waals surface area contributed by atoms with Gasteiger partial charge < -0.3 is 10.6 Å². The Kier molecular flexibility index (Phi) is 5.83. The van der Waals surface area contributed by atoms with E-state index in [0.717, 1.165) is 39.0 Å². The second kappa shape index (κ2) is 9.36. The van der Waals surface area contributed by atoms with Crippen LogP contribution in [0.15, 0.2) is 79.3 Å². The van der Waals surface area contributed by atoms with Gasteiger partial charge in [-0.05, 0) is 53.1 Å². The molecule has 194 valence electrons. The molecule has 3 aromatic carbocycles. The van der Waals surface area contributed by atoms with Crippen LogP contribution in [0.25, 0.3) is 27.7 Å². The van der Waals surface area contributed by atoms with E-state index in [9.17, 15) is 9.59 Å². The number of anilines is 2. The van der Waals surface area contributed by atoms with Crippen molar-refractivity contribution in [3.05, 3.63) is 96.1 Å². The first-order valence-electron chi connectivity index (χ1n) is 12.7. The van der Waals surface area contributed by atoms with Crippen molar-refractivity contribution in [2.75, 3.05) is 10.6 Å². The van der Waals surface area contributed by atoms with Gasteiger partial charge in [-0.2, -0.15) is 5.10 Å². The Labute approximate surface area is 225 Å². The van der Waals surface area contributed by atoms with Crippen LogP contribution in [0, 0.1) is 0 Å². The van der Waals surface area contributed by atoms with Crippen molar-refractivity contribution in [3.63, 3.8) is 0 Å². The van der Waals surface area contributed by atoms with Gasteiger partial charge in [0.05, 0.1) is 16.9 Å². The SMILES string of the molecule is CC(C)(C)c1cc(NC(=O)Nc2ccc(-c3cccc4c3CNC4=O)cc2)n(-c2ccc3ncncc3c2)n1. The highest BCUT2D eigenvalue weighted by molar-refractivity contribution is 6.01. The van der Waals surface area contributed by atoms with E-state index in [4.69, 9.17) is 5.10 Å². The summed E-state index contributed by atoms with van der Waals surface area (Å²) in [6, 6.07) is 20.6. The molecule has 9 heteroatoms. The summed E-state index contributed by atoms with van der Waals surface area (Å²) in [5.41, 5.74) is 6.56. The third kappa shape index (κ3) is 4.70. The molecule has 3 amide bonds. The van der Waals surface area contributed by atoms with Crippen molar-refractivity contribution < 1.29 is 9.59 Å². The van der Waals surface area contributed by atoms with Gasteiger partial charge in [0.1, 0.15) is 12.1 Å². The summed E-state index contributed by atoms with van der Waals surface area (Å²) in [6.07, 6.45) is 3.27. The van der Waals surface area contributed by atoms with E-state index < -0.39 is 0 Å². The first kappa shape index (κ1) is 24.3. The Balaban J connectivity index is 1.24. The molecule has 0 unspecified atom stereocenters. The Hall–Kier alpha value is -5.05. The van der Waals surface area contributed by atoms with Crippen LogP contribution in [-0.2, 0) is 12.0 Å². The lowest BCUT2D eigenvalue weighted by Crippen LogP contribution is -2.21. The van der Waals surface area contributed by atoms with E-state index in [2.05, 4.69) is 46.7 Å². The van der Waals surface area contributed by atoms with Crippen molar-refractivity contribution >= 4 is 34.3 Å². The maximum absolute atomic E-state index is 13.1. The number of urea groups is 1. The molecule has 9 nitrogen and oxygen atoms in total. The second-order valence-electron chi connectivity index (χ2n) is 10.5. The molecular formula is C30H27N7O2. The lowest BCUT2D eigenvalue weighted by molar-refractivity contribution is 0.0965.